The van der Waals surface area contributed by atoms with E-state index in [1.54, 1.807) is 18.2 Å². The number of benzene rings is 1. The number of rotatable bonds is 4. The summed E-state index contributed by atoms with van der Waals surface area (Å²) in [5, 5.41) is -0.257. The van der Waals surface area contributed by atoms with Crippen molar-refractivity contribution < 1.29 is 13.2 Å². The lowest BCUT2D eigenvalue weighted by atomic mass is 10.4. The highest BCUT2D eigenvalue weighted by molar-refractivity contribution is 8.00. The van der Waals surface area contributed by atoms with Gasteiger partial charge >= 0.3 is 0 Å². The van der Waals surface area contributed by atoms with Gasteiger partial charge in [0.05, 0.1) is 10.3 Å². The first-order valence-electron chi connectivity index (χ1n) is 5.81. The second kappa shape index (κ2) is 5.32. The molecule has 0 N–H and O–H groups in total. The van der Waals surface area contributed by atoms with Crippen molar-refractivity contribution in [2.45, 2.75) is 30.0 Å². The molecule has 0 saturated carbocycles. The third kappa shape index (κ3) is 2.40. The van der Waals surface area contributed by atoms with Crippen LogP contribution >= 0.6 is 11.8 Å². The van der Waals surface area contributed by atoms with Crippen LogP contribution in [-0.4, -0.2) is 29.8 Å². The van der Waals surface area contributed by atoms with Gasteiger partial charge in [0, 0.05) is 6.42 Å². The van der Waals surface area contributed by atoms with Gasteiger partial charge in [-0.05, 0) is 24.3 Å². The molecule has 98 valence electrons. The summed E-state index contributed by atoms with van der Waals surface area (Å²) in [7, 11) is -3.70. The molecule has 1 aliphatic heterocycles. The maximum atomic E-state index is 12.4. The fraction of sp³-hybridized carbons (Fsp3) is 0.417. The molecule has 1 unspecified atom stereocenters. The average Bonchev–Trinajstić information content (AvgIpc) is 2.73. The van der Waals surface area contributed by atoms with Gasteiger partial charge < -0.3 is 0 Å². The number of sulfonamides is 1. The van der Waals surface area contributed by atoms with Crippen molar-refractivity contribution in [3.8, 4) is 0 Å². The lowest BCUT2D eigenvalue weighted by Gasteiger charge is -2.23. The second-order valence-corrected chi connectivity index (χ2v) is 7.23. The van der Waals surface area contributed by atoms with E-state index in [0.29, 0.717) is 12.8 Å². The lowest BCUT2D eigenvalue weighted by Crippen LogP contribution is -2.37. The molecular formula is C12H15NO3S2. The van der Waals surface area contributed by atoms with Gasteiger partial charge in [0.2, 0.25) is 5.91 Å². The van der Waals surface area contributed by atoms with Gasteiger partial charge in [0.15, 0.2) is 0 Å². The van der Waals surface area contributed by atoms with Crippen LogP contribution in [0.3, 0.4) is 0 Å². The Morgan fingerprint density at radius 3 is 2.61 bits per heavy atom. The number of hydrogen-bond acceptors (Lipinski definition) is 4. The Kier molecular flexibility index (Phi) is 3.97. The van der Waals surface area contributed by atoms with Gasteiger partial charge in [-0.15, -0.1) is 11.8 Å². The van der Waals surface area contributed by atoms with Crippen molar-refractivity contribution in [1.29, 1.82) is 0 Å². The Hall–Kier alpha value is -1.01. The smallest absolute Gasteiger partial charge is 0.267 e. The van der Waals surface area contributed by atoms with E-state index in [4.69, 9.17) is 0 Å². The third-order valence-corrected chi connectivity index (χ3v) is 5.91. The van der Waals surface area contributed by atoms with Gasteiger partial charge in [0.1, 0.15) is 0 Å². The average molecular weight is 285 g/mol. The normalized spacial score (nSPS) is 20.4. The number of carbonyl (C=O) groups excluding carboxylic acids is 1. The highest BCUT2D eigenvalue weighted by atomic mass is 32.2. The quantitative estimate of drug-likeness (QED) is 0.850. The Morgan fingerprint density at radius 2 is 2.00 bits per heavy atom. The van der Waals surface area contributed by atoms with E-state index in [0.717, 1.165) is 10.1 Å². The zero-order valence-electron chi connectivity index (χ0n) is 10.1. The molecule has 2 rings (SSSR count). The summed E-state index contributed by atoms with van der Waals surface area (Å²) in [4.78, 5) is 12.0. The van der Waals surface area contributed by atoms with E-state index >= 15 is 0 Å². The second-order valence-electron chi connectivity index (χ2n) is 3.96. The number of hydrogen-bond donors (Lipinski definition) is 0. The highest BCUT2D eigenvalue weighted by Crippen LogP contribution is 2.33. The summed E-state index contributed by atoms with van der Waals surface area (Å²) in [5.74, 6) is 0.489. The molecule has 0 aromatic heterocycles. The van der Waals surface area contributed by atoms with Crippen LogP contribution in [0.1, 0.15) is 19.8 Å². The zero-order valence-corrected chi connectivity index (χ0v) is 11.7. The van der Waals surface area contributed by atoms with E-state index in [9.17, 15) is 13.2 Å². The largest absolute Gasteiger partial charge is 0.274 e. The predicted octanol–water partition coefficient (Wildman–Crippen LogP) is 2.08. The molecule has 6 heteroatoms. The Balaban J connectivity index is 2.37. The van der Waals surface area contributed by atoms with Crippen molar-refractivity contribution >= 4 is 27.7 Å². The molecule has 1 amide bonds. The third-order valence-electron chi connectivity index (χ3n) is 2.77. The van der Waals surface area contributed by atoms with Crippen LogP contribution in [0.15, 0.2) is 35.2 Å². The van der Waals surface area contributed by atoms with E-state index in [2.05, 4.69) is 0 Å². The minimum Gasteiger partial charge on any atom is -0.274 e. The van der Waals surface area contributed by atoms with Crippen molar-refractivity contribution in [1.82, 2.24) is 4.31 Å². The molecule has 1 aliphatic rings. The molecule has 18 heavy (non-hydrogen) atoms. The van der Waals surface area contributed by atoms with E-state index < -0.39 is 10.0 Å². The molecule has 1 heterocycles. The monoisotopic (exact) mass is 285 g/mol. The van der Waals surface area contributed by atoms with Gasteiger partial charge in [-0.1, -0.05) is 25.1 Å². The molecule has 0 aliphatic carbocycles. The summed E-state index contributed by atoms with van der Waals surface area (Å²) in [6.07, 6.45) is 0.910. The first-order chi connectivity index (χ1) is 8.57. The Bertz CT molecular complexity index is 528. The first kappa shape index (κ1) is 13.4. The topological polar surface area (TPSA) is 54.5 Å². The van der Waals surface area contributed by atoms with Gasteiger partial charge in [-0.25, -0.2) is 12.7 Å². The zero-order chi connectivity index (χ0) is 13.2. The summed E-state index contributed by atoms with van der Waals surface area (Å²) < 4.78 is 25.9. The van der Waals surface area contributed by atoms with Crippen LogP contribution in [0.5, 0.6) is 0 Å². The van der Waals surface area contributed by atoms with Crippen LogP contribution in [0.4, 0.5) is 0 Å². The van der Waals surface area contributed by atoms with Gasteiger partial charge in [0.25, 0.3) is 10.0 Å². The first-order valence-corrected chi connectivity index (χ1v) is 8.30. The van der Waals surface area contributed by atoms with Crippen LogP contribution in [0.25, 0.3) is 0 Å². The van der Waals surface area contributed by atoms with Crippen molar-refractivity contribution in [3.63, 3.8) is 0 Å². The van der Waals surface area contributed by atoms with E-state index in [1.807, 2.05) is 6.92 Å². The minimum atomic E-state index is -3.70. The molecule has 1 atom stereocenters. The van der Waals surface area contributed by atoms with Crippen LogP contribution in [0.2, 0.25) is 0 Å². The predicted molar refractivity (Wildman–Crippen MR) is 71.6 cm³/mol. The lowest BCUT2D eigenvalue weighted by molar-refractivity contribution is -0.123. The van der Waals surface area contributed by atoms with E-state index in [1.165, 1.54) is 23.9 Å². The fourth-order valence-corrected chi connectivity index (χ4v) is 4.92. The number of amides is 1. The summed E-state index contributed by atoms with van der Waals surface area (Å²) in [6, 6.07) is 8.12. The minimum absolute atomic E-state index is 0.182. The fourth-order valence-electron chi connectivity index (χ4n) is 1.97. The standard InChI is InChI=1S/C12H15NO3S2/c1-2-17-12-9-8-11(14)13(12)18(15,16)10-6-4-3-5-7-10/h3-7,12H,2,8-9H2,1H3. The molecule has 0 radical (unpaired) electrons. The molecule has 0 bridgehead atoms. The number of thioether (sulfide) groups is 1. The molecule has 1 aromatic rings. The van der Waals surface area contributed by atoms with Gasteiger partial charge in [-0.2, -0.15) is 0 Å². The molecule has 1 aromatic carbocycles. The van der Waals surface area contributed by atoms with E-state index in [-0.39, 0.29) is 16.2 Å². The Labute approximate surface area is 111 Å². The maximum Gasteiger partial charge on any atom is 0.267 e. The van der Waals surface area contributed by atoms with Crippen LogP contribution in [0, 0.1) is 0 Å². The Morgan fingerprint density at radius 1 is 1.33 bits per heavy atom. The highest BCUT2D eigenvalue weighted by Gasteiger charge is 2.40. The molecule has 1 saturated heterocycles. The van der Waals surface area contributed by atoms with Gasteiger partial charge in [-0.3, -0.25) is 4.79 Å². The summed E-state index contributed by atoms with van der Waals surface area (Å²) in [6.45, 7) is 1.96. The van der Waals surface area contributed by atoms with Crippen LogP contribution < -0.4 is 0 Å². The summed E-state index contributed by atoms with van der Waals surface area (Å²) in [5.41, 5.74) is 0. The van der Waals surface area contributed by atoms with Crippen LogP contribution in [-0.2, 0) is 14.8 Å². The maximum absolute atomic E-state index is 12.4. The SMILES string of the molecule is CCSC1CCC(=O)N1S(=O)(=O)c1ccccc1. The molecule has 4 nitrogen and oxygen atoms in total. The van der Waals surface area contributed by atoms with Crippen molar-refractivity contribution in [3.05, 3.63) is 30.3 Å². The molecular weight excluding hydrogens is 270 g/mol. The van der Waals surface area contributed by atoms with Crippen molar-refractivity contribution in [2.75, 3.05) is 5.75 Å². The number of nitrogens with zero attached hydrogens (tertiary/aromatic N) is 1. The summed E-state index contributed by atoms with van der Waals surface area (Å²) >= 11 is 1.50. The molecule has 1 fully saturated rings. The number of carbonyl (C=O) groups is 1. The van der Waals surface area contributed by atoms with Crippen molar-refractivity contribution in [2.24, 2.45) is 0 Å². The molecule has 0 spiro atoms.